The molecule has 0 radical (unpaired) electrons. The first-order valence-electron chi connectivity index (χ1n) is 10.3. The summed E-state index contributed by atoms with van der Waals surface area (Å²) < 4.78 is 23.0. The Morgan fingerprint density at radius 3 is 1.68 bits per heavy atom. The third-order valence-corrected chi connectivity index (χ3v) is 5.64. The van der Waals surface area contributed by atoms with E-state index in [0.29, 0.717) is 24.9 Å². The Hall–Kier alpha value is -3.59. The SMILES string of the molecule is [Pt+2].c1cc(-c2noc(C3(c4nc(-c5cccc6cc[n-]c56)no4)OCCO3)n2)c2[n-]ccc2c1. The number of rotatable bonds is 4. The Labute approximate surface area is 205 Å². The molecule has 34 heavy (non-hydrogen) atoms. The quantitative estimate of drug-likeness (QED) is 0.286. The van der Waals surface area contributed by atoms with Crippen molar-refractivity contribution in [2.24, 2.45) is 0 Å². The van der Waals surface area contributed by atoms with Crippen LogP contribution in [0, 0.1) is 0 Å². The monoisotopic (exact) mass is 633 g/mol. The van der Waals surface area contributed by atoms with E-state index < -0.39 is 5.79 Å². The van der Waals surface area contributed by atoms with E-state index in [0.717, 1.165) is 32.9 Å². The Bertz CT molecular complexity index is 1500. The molecule has 1 aliphatic heterocycles. The van der Waals surface area contributed by atoms with Gasteiger partial charge < -0.3 is 28.5 Å². The number of fused-ring (bicyclic) bond motifs is 2. The third kappa shape index (κ3) is 3.07. The van der Waals surface area contributed by atoms with Gasteiger partial charge in [-0.3, -0.25) is 0 Å². The van der Waals surface area contributed by atoms with Gasteiger partial charge in [0.2, 0.25) is 11.6 Å². The molecule has 5 heterocycles. The van der Waals surface area contributed by atoms with Crippen LogP contribution in [0.5, 0.6) is 0 Å². The Balaban J connectivity index is 0.00000217. The Morgan fingerprint density at radius 2 is 1.18 bits per heavy atom. The van der Waals surface area contributed by atoms with Crippen LogP contribution in [0.4, 0.5) is 0 Å². The first-order valence-corrected chi connectivity index (χ1v) is 10.3. The van der Waals surface area contributed by atoms with Gasteiger partial charge in [-0.1, -0.05) is 58.8 Å². The number of hydrogen-bond donors (Lipinski definition) is 0. The predicted molar refractivity (Wildman–Crippen MR) is 114 cm³/mol. The summed E-state index contributed by atoms with van der Waals surface area (Å²) in [5, 5.41) is 10.3. The minimum Gasteiger partial charge on any atom is -0.663 e. The van der Waals surface area contributed by atoms with Gasteiger partial charge in [0.1, 0.15) is 0 Å². The molecular weight excluding hydrogens is 619 g/mol. The summed E-state index contributed by atoms with van der Waals surface area (Å²) in [4.78, 5) is 17.9. The van der Waals surface area contributed by atoms with Crippen molar-refractivity contribution >= 4 is 21.8 Å². The second-order valence-corrected chi connectivity index (χ2v) is 7.54. The smallest absolute Gasteiger partial charge is 0.663 e. The first kappa shape index (κ1) is 21.0. The summed E-state index contributed by atoms with van der Waals surface area (Å²) in [5.41, 5.74) is 3.03. The maximum atomic E-state index is 5.91. The molecule has 0 bridgehead atoms. The van der Waals surface area contributed by atoms with E-state index in [-0.39, 0.29) is 32.8 Å². The average molecular weight is 633 g/mol. The minimum atomic E-state index is -1.59. The van der Waals surface area contributed by atoms with Crippen molar-refractivity contribution in [2.75, 3.05) is 13.2 Å². The van der Waals surface area contributed by atoms with Gasteiger partial charge in [-0.2, -0.15) is 22.4 Å². The minimum absolute atomic E-state index is 0. The van der Waals surface area contributed by atoms with Gasteiger partial charge in [-0.15, -0.1) is 11.0 Å². The number of hydrogen-bond acceptors (Lipinski definition) is 8. The van der Waals surface area contributed by atoms with E-state index in [9.17, 15) is 0 Å². The number of benzene rings is 2. The van der Waals surface area contributed by atoms with Crippen molar-refractivity contribution in [1.29, 1.82) is 0 Å². The fourth-order valence-electron chi connectivity index (χ4n) is 4.11. The first-order chi connectivity index (χ1) is 16.3. The normalized spacial score (nSPS) is 15.2. The van der Waals surface area contributed by atoms with Crippen molar-refractivity contribution in [3.8, 4) is 22.8 Å². The Morgan fingerprint density at radius 1 is 0.676 bits per heavy atom. The van der Waals surface area contributed by atoms with Crippen LogP contribution >= 0.6 is 0 Å². The van der Waals surface area contributed by atoms with Crippen LogP contribution in [-0.4, -0.2) is 33.5 Å². The van der Waals surface area contributed by atoms with Crippen LogP contribution in [0.1, 0.15) is 11.8 Å². The standard InChI is InChI=1S/C23H14N6O4.Pt/c1-3-13-7-9-24-17(13)15(5-1)19-26-21(32-28-19)23(30-11-12-31-23)22-27-20(29-33-22)16-6-2-4-14-8-10-25-18(14)16;/h1-10H,11-12H2;/q-2;+2. The zero-order valence-corrected chi connectivity index (χ0v) is 19.6. The van der Waals surface area contributed by atoms with Crippen LogP contribution in [0.3, 0.4) is 0 Å². The van der Waals surface area contributed by atoms with Crippen LogP contribution in [0.2, 0.25) is 0 Å². The number of ether oxygens (including phenoxy) is 2. The largest absolute Gasteiger partial charge is 2.00 e. The fourth-order valence-corrected chi connectivity index (χ4v) is 4.11. The molecule has 0 aliphatic carbocycles. The molecule has 10 nitrogen and oxygen atoms in total. The maximum absolute atomic E-state index is 5.91. The van der Waals surface area contributed by atoms with Crippen LogP contribution in [-0.2, 0) is 36.3 Å². The summed E-state index contributed by atoms with van der Waals surface area (Å²) >= 11 is 0. The van der Waals surface area contributed by atoms with Crippen molar-refractivity contribution in [1.82, 2.24) is 30.2 Å². The van der Waals surface area contributed by atoms with Crippen molar-refractivity contribution in [2.45, 2.75) is 5.79 Å². The van der Waals surface area contributed by atoms with Gasteiger partial charge >= 0.3 is 26.9 Å². The van der Waals surface area contributed by atoms with E-state index in [1.54, 1.807) is 12.4 Å². The molecule has 0 spiro atoms. The van der Waals surface area contributed by atoms with Crippen molar-refractivity contribution < 1.29 is 39.6 Å². The summed E-state index contributed by atoms with van der Waals surface area (Å²) in [6.45, 7) is 0.602. The molecule has 4 aromatic heterocycles. The number of nitrogens with zero attached hydrogens (tertiary/aromatic N) is 6. The van der Waals surface area contributed by atoms with E-state index in [1.165, 1.54) is 0 Å². The summed E-state index contributed by atoms with van der Waals surface area (Å²) in [5.74, 6) is -0.731. The molecular formula is C23H14N6O4Pt. The zero-order chi connectivity index (χ0) is 21.8. The molecule has 0 atom stereocenters. The molecule has 170 valence electrons. The van der Waals surface area contributed by atoms with Gasteiger partial charge in [0.05, 0.1) is 13.2 Å². The van der Waals surface area contributed by atoms with Crippen LogP contribution in [0.25, 0.3) is 44.6 Å². The maximum Gasteiger partial charge on any atom is 2.00 e. The van der Waals surface area contributed by atoms with Gasteiger partial charge in [0.25, 0.3) is 11.8 Å². The van der Waals surface area contributed by atoms with E-state index in [4.69, 9.17) is 18.5 Å². The molecule has 1 aliphatic rings. The molecule has 1 saturated heterocycles. The zero-order valence-electron chi connectivity index (χ0n) is 17.3. The van der Waals surface area contributed by atoms with E-state index >= 15 is 0 Å². The topological polar surface area (TPSA) is 124 Å². The van der Waals surface area contributed by atoms with Gasteiger partial charge in [0, 0.05) is 11.1 Å². The van der Waals surface area contributed by atoms with E-state index in [2.05, 4.69) is 30.2 Å². The molecule has 1 fully saturated rings. The summed E-state index contributed by atoms with van der Waals surface area (Å²) in [6, 6.07) is 15.4. The molecule has 7 rings (SSSR count). The van der Waals surface area contributed by atoms with Gasteiger partial charge in [-0.25, -0.2) is 0 Å². The fraction of sp³-hybridized carbons (Fsp3) is 0.130. The molecule has 0 unspecified atom stereocenters. The second kappa shape index (κ2) is 8.02. The number of aromatic nitrogens is 6. The van der Waals surface area contributed by atoms with Gasteiger partial charge in [-0.05, 0) is 10.8 Å². The van der Waals surface area contributed by atoms with Crippen LogP contribution < -0.4 is 9.97 Å². The summed E-state index contributed by atoms with van der Waals surface area (Å²) in [7, 11) is 0. The molecule has 0 amide bonds. The third-order valence-electron chi connectivity index (χ3n) is 5.64. The molecule has 11 heteroatoms. The van der Waals surface area contributed by atoms with Crippen molar-refractivity contribution in [3.05, 3.63) is 72.7 Å². The Kier molecular flexibility index (Phi) is 4.95. The van der Waals surface area contributed by atoms with Gasteiger partial charge in [0.15, 0.2) is 0 Å². The van der Waals surface area contributed by atoms with Crippen molar-refractivity contribution in [3.63, 3.8) is 0 Å². The average Bonchev–Trinajstić information content (AvgIpc) is 3.68. The number of para-hydroxylation sites is 2. The van der Waals surface area contributed by atoms with Crippen LogP contribution in [0.15, 0.2) is 70.0 Å². The molecule has 0 saturated carbocycles. The predicted octanol–water partition coefficient (Wildman–Crippen LogP) is 3.25. The molecule has 2 aromatic carbocycles. The summed E-state index contributed by atoms with van der Waals surface area (Å²) in [6.07, 6.45) is 3.48. The molecule has 6 aromatic rings. The van der Waals surface area contributed by atoms with E-state index in [1.807, 2.05) is 48.5 Å². The molecule has 0 N–H and O–H groups in total. The second-order valence-electron chi connectivity index (χ2n) is 7.54.